The molecule has 2 aromatic carbocycles. The Bertz CT molecular complexity index is 1020. The van der Waals surface area contributed by atoms with Gasteiger partial charge < -0.3 is 14.6 Å². The third-order valence-corrected chi connectivity index (χ3v) is 6.13. The molecule has 1 amide bonds. The van der Waals surface area contributed by atoms with E-state index in [0.29, 0.717) is 18.0 Å². The van der Waals surface area contributed by atoms with Crippen molar-refractivity contribution >= 4 is 17.6 Å². The zero-order chi connectivity index (χ0) is 22.0. The van der Waals surface area contributed by atoms with Crippen LogP contribution in [0.3, 0.4) is 0 Å². The van der Waals surface area contributed by atoms with Crippen LogP contribution in [0.4, 0.5) is 0 Å². The van der Waals surface area contributed by atoms with Crippen LogP contribution in [-0.4, -0.2) is 41.9 Å². The highest BCUT2D eigenvalue weighted by atomic mass is 16.5. The number of benzene rings is 2. The summed E-state index contributed by atoms with van der Waals surface area (Å²) in [5, 5.41) is 15.4. The lowest BCUT2D eigenvalue weighted by Crippen LogP contribution is -2.45. The van der Waals surface area contributed by atoms with E-state index in [1.54, 1.807) is 38.5 Å². The number of carbonyl (C=O) groups is 2. The zero-order valence-corrected chi connectivity index (χ0v) is 17.7. The molecule has 2 aromatic rings. The minimum Gasteiger partial charge on any atom is -0.493 e. The lowest BCUT2D eigenvalue weighted by molar-refractivity contribution is -0.139. The fraction of sp³-hybridized carbons (Fsp3) is 0.375. The number of nitrogens with zero attached hydrogens (tertiary/aromatic N) is 2. The Balaban J connectivity index is 1.69. The highest BCUT2D eigenvalue weighted by molar-refractivity contribution is 6.07. The number of ether oxygens (including phenoxy) is 2. The van der Waals surface area contributed by atoms with Gasteiger partial charge in [-0.3, -0.25) is 4.79 Å². The van der Waals surface area contributed by atoms with E-state index in [1.165, 1.54) is 5.01 Å². The lowest BCUT2D eigenvalue weighted by atomic mass is 9.73. The van der Waals surface area contributed by atoms with Crippen LogP contribution in [0.15, 0.2) is 47.6 Å². The van der Waals surface area contributed by atoms with Gasteiger partial charge in [0, 0.05) is 17.4 Å². The van der Waals surface area contributed by atoms with Gasteiger partial charge >= 0.3 is 5.97 Å². The molecule has 0 aromatic heterocycles. The Labute approximate surface area is 181 Å². The number of amides is 1. The Morgan fingerprint density at radius 1 is 1.03 bits per heavy atom. The average Bonchev–Trinajstić information content (AvgIpc) is 2.80. The number of hydrogen-bond donors (Lipinski definition) is 1. The molecule has 2 atom stereocenters. The average molecular weight is 422 g/mol. The topological polar surface area (TPSA) is 88.4 Å². The summed E-state index contributed by atoms with van der Waals surface area (Å²) in [6.07, 6.45) is 3.90. The zero-order valence-electron chi connectivity index (χ0n) is 17.7. The van der Waals surface area contributed by atoms with Crippen molar-refractivity contribution in [2.24, 2.45) is 16.9 Å². The first kappa shape index (κ1) is 20.9. The fourth-order valence-corrected chi connectivity index (χ4v) is 4.50. The Morgan fingerprint density at radius 3 is 2.35 bits per heavy atom. The summed E-state index contributed by atoms with van der Waals surface area (Å²) in [4.78, 5) is 24.3. The summed E-state index contributed by atoms with van der Waals surface area (Å²) in [7, 11) is 3.20. The van der Waals surface area contributed by atoms with E-state index < -0.39 is 5.97 Å². The molecule has 4 rings (SSSR count). The molecule has 0 saturated heterocycles. The van der Waals surface area contributed by atoms with Gasteiger partial charge in [-0.2, -0.15) is 5.10 Å². The number of hydrazone groups is 1. The van der Waals surface area contributed by atoms with Crippen molar-refractivity contribution in [3.05, 3.63) is 59.2 Å². The van der Waals surface area contributed by atoms with Crippen LogP contribution in [0.1, 0.15) is 47.2 Å². The predicted molar refractivity (Wildman–Crippen MR) is 115 cm³/mol. The normalized spacial score (nSPS) is 20.6. The molecule has 162 valence electrons. The largest absolute Gasteiger partial charge is 0.493 e. The summed E-state index contributed by atoms with van der Waals surface area (Å²) in [5.41, 5.74) is 2.87. The van der Waals surface area contributed by atoms with E-state index in [-0.39, 0.29) is 23.3 Å². The standard InChI is InChI=1S/C24H26N2O5/c1-30-20-12-11-17(13-21(20)31-2)22-18-5-3-4-6-19(18)23(27)26(25-22)14-15-7-9-16(10-8-15)24(28)29/h7-13,18-19H,3-6,14H2,1-2H3,(H,28,29)/t18-,19+/m1/s1. The van der Waals surface area contributed by atoms with Crippen LogP contribution >= 0.6 is 0 Å². The second-order valence-corrected chi connectivity index (χ2v) is 7.95. The van der Waals surface area contributed by atoms with E-state index in [9.17, 15) is 9.59 Å². The monoisotopic (exact) mass is 422 g/mol. The summed E-state index contributed by atoms with van der Waals surface area (Å²) in [6, 6.07) is 12.3. The van der Waals surface area contributed by atoms with Gasteiger partial charge in [0.05, 0.1) is 32.0 Å². The first-order chi connectivity index (χ1) is 15.0. The maximum Gasteiger partial charge on any atom is 0.335 e. The second kappa shape index (κ2) is 8.79. The molecule has 7 nitrogen and oxygen atoms in total. The summed E-state index contributed by atoms with van der Waals surface area (Å²) in [6.45, 7) is 0.304. The third kappa shape index (κ3) is 4.13. The van der Waals surface area contributed by atoms with Crippen molar-refractivity contribution in [3.8, 4) is 11.5 Å². The van der Waals surface area contributed by atoms with Gasteiger partial charge in [0.15, 0.2) is 11.5 Å². The maximum absolute atomic E-state index is 13.2. The Morgan fingerprint density at radius 2 is 1.71 bits per heavy atom. The third-order valence-electron chi connectivity index (χ3n) is 6.13. The van der Waals surface area contributed by atoms with Gasteiger partial charge in [-0.1, -0.05) is 25.0 Å². The SMILES string of the molecule is COc1ccc(C2=NN(Cc3ccc(C(=O)O)cc3)C(=O)[C@H]3CCCC[C@@H]23)cc1OC. The van der Waals surface area contributed by atoms with Crippen LogP contribution in [-0.2, 0) is 11.3 Å². The number of fused-ring (bicyclic) bond motifs is 1. The van der Waals surface area contributed by atoms with E-state index in [1.807, 2.05) is 18.2 Å². The van der Waals surface area contributed by atoms with Gasteiger partial charge in [-0.05, 0) is 48.7 Å². The predicted octanol–water partition coefficient (Wildman–Crippen LogP) is 3.95. The molecule has 0 bridgehead atoms. The van der Waals surface area contributed by atoms with E-state index in [4.69, 9.17) is 19.7 Å². The van der Waals surface area contributed by atoms with E-state index in [2.05, 4.69) is 0 Å². The van der Waals surface area contributed by atoms with Gasteiger partial charge in [0.25, 0.3) is 0 Å². The highest BCUT2D eigenvalue weighted by Crippen LogP contribution is 2.39. The number of aromatic carboxylic acids is 1. The first-order valence-corrected chi connectivity index (χ1v) is 10.5. The highest BCUT2D eigenvalue weighted by Gasteiger charge is 2.41. The maximum atomic E-state index is 13.2. The van der Waals surface area contributed by atoms with Crippen molar-refractivity contribution in [2.75, 3.05) is 14.2 Å². The summed E-state index contributed by atoms with van der Waals surface area (Å²) < 4.78 is 10.8. The van der Waals surface area contributed by atoms with Gasteiger partial charge in [0.1, 0.15) is 0 Å². The first-order valence-electron chi connectivity index (χ1n) is 10.5. The molecule has 1 saturated carbocycles. The molecule has 1 N–H and O–H groups in total. The van der Waals surface area contributed by atoms with Gasteiger partial charge in [-0.25, -0.2) is 9.80 Å². The second-order valence-electron chi connectivity index (χ2n) is 7.95. The molecule has 1 fully saturated rings. The smallest absolute Gasteiger partial charge is 0.335 e. The molecule has 0 unspecified atom stereocenters. The number of hydrogen-bond acceptors (Lipinski definition) is 5. The van der Waals surface area contributed by atoms with Crippen LogP contribution in [0.5, 0.6) is 11.5 Å². The molecule has 7 heteroatoms. The van der Waals surface area contributed by atoms with E-state index in [0.717, 1.165) is 42.5 Å². The minimum atomic E-state index is -0.973. The summed E-state index contributed by atoms with van der Waals surface area (Å²) >= 11 is 0. The van der Waals surface area contributed by atoms with E-state index >= 15 is 0 Å². The quantitative estimate of drug-likeness (QED) is 0.761. The molecule has 1 aliphatic carbocycles. The van der Waals surface area contributed by atoms with Gasteiger partial charge in [0.2, 0.25) is 5.91 Å². The van der Waals surface area contributed by atoms with Crippen molar-refractivity contribution in [2.45, 2.75) is 32.2 Å². The van der Waals surface area contributed by atoms with Crippen molar-refractivity contribution < 1.29 is 24.2 Å². The Hall–Kier alpha value is -3.35. The van der Waals surface area contributed by atoms with Crippen LogP contribution < -0.4 is 9.47 Å². The lowest BCUT2D eigenvalue weighted by Gasteiger charge is -2.38. The molecule has 1 aliphatic heterocycles. The number of carboxylic acid groups (broad SMARTS) is 1. The van der Waals surface area contributed by atoms with Crippen LogP contribution in [0, 0.1) is 11.8 Å². The Kier molecular flexibility index (Phi) is 5.93. The number of methoxy groups -OCH3 is 2. The van der Waals surface area contributed by atoms with Crippen molar-refractivity contribution in [1.29, 1.82) is 0 Å². The van der Waals surface area contributed by atoms with Gasteiger partial charge in [-0.15, -0.1) is 0 Å². The molecular weight excluding hydrogens is 396 g/mol. The number of carboxylic acids is 1. The summed E-state index contributed by atoms with van der Waals surface area (Å²) in [5.74, 6) is 0.338. The molecule has 31 heavy (non-hydrogen) atoms. The van der Waals surface area contributed by atoms with Crippen LogP contribution in [0.2, 0.25) is 0 Å². The fourth-order valence-electron chi connectivity index (χ4n) is 4.50. The molecule has 0 spiro atoms. The molecule has 1 heterocycles. The number of carbonyl (C=O) groups excluding carboxylic acids is 1. The molecule has 2 aliphatic rings. The molecule has 0 radical (unpaired) electrons. The van der Waals surface area contributed by atoms with Crippen molar-refractivity contribution in [3.63, 3.8) is 0 Å². The minimum absolute atomic E-state index is 0.0382. The van der Waals surface area contributed by atoms with Crippen LogP contribution in [0.25, 0.3) is 0 Å². The van der Waals surface area contributed by atoms with Crippen molar-refractivity contribution in [1.82, 2.24) is 5.01 Å². The number of rotatable bonds is 6. The molecular formula is C24H26N2O5.